The second kappa shape index (κ2) is 5.77. The van der Waals surface area contributed by atoms with Crippen molar-refractivity contribution in [2.45, 2.75) is 32.9 Å². The molecule has 0 radical (unpaired) electrons. The first-order chi connectivity index (χ1) is 7.97. The van der Waals surface area contributed by atoms with Gasteiger partial charge in [0, 0.05) is 6.04 Å². The normalized spacial score (nSPS) is 12.6. The van der Waals surface area contributed by atoms with E-state index in [0.29, 0.717) is 0 Å². The van der Waals surface area contributed by atoms with Crippen LogP contribution in [0.2, 0.25) is 0 Å². The number of nitrogens with zero attached hydrogens (tertiary/aromatic N) is 1. The lowest BCUT2D eigenvalue weighted by molar-refractivity contribution is -0.133. The second-order valence-electron chi connectivity index (χ2n) is 4.33. The lowest BCUT2D eigenvalue weighted by Crippen LogP contribution is -2.42. The maximum Gasteiger partial charge on any atom is 0.237 e. The van der Waals surface area contributed by atoms with Crippen LogP contribution in [0.25, 0.3) is 0 Å². The van der Waals surface area contributed by atoms with Crippen molar-refractivity contribution in [1.29, 1.82) is 0 Å². The highest BCUT2D eigenvalue weighted by Gasteiger charge is 2.22. The van der Waals surface area contributed by atoms with E-state index in [1.807, 2.05) is 20.8 Å². The summed E-state index contributed by atoms with van der Waals surface area (Å²) in [5, 5.41) is 0. The number of carbonyl (C=O) groups excluding carboxylic acids is 1. The molecule has 1 aromatic carbocycles. The van der Waals surface area contributed by atoms with Crippen LogP contribution in [0.4, 0.5) is 4.39 Å². The van der Waals surface area contributed by atoms with Gasteiger partial charge in [0.1, 0.15) is 5.82 Å². The number of hydrogen-bond donors (Lipinski definition) is 1. The van der Waals surface area contributed by atoms with E-state index in [2.05, 4.69) is 0 Å². The zero-order valence-electron chi connectivity index (χ0n) is 10.5. The van der Waals surface area contributed by atoms with E-state index in [1.54, 1.807) is 17.0 Å². The molecular formula is C13H19FN2O. The fraction of sp³-hybridized carbons (Fsp3) is 0.462. The molecule has 1 aromatic rings. The van der Waals surface area contributed by atoms with Crippen molar-refractivity contribution in [3.63, 3.8) is 0 Å². The highest BCUT2D eigenvalue weighted by molar-refractivity contribution is 5.78. The van der Waals surface area contributed by atoms with Gasteiger partial charge in [-0.2, -0.15) is 0 Å². The molecule has 1 rings (SSSR count). The molecule has 0 aromatic heterocycles. The van der Waals surface area contributed by atoms with Crippen LogP contribution < -0.4 is 5.73 Å². The van der Waals surface area contributed by atoms with E-state index >= 15 is 0 Å². The highest BCUT2D eigenvalue weighted by atomic mass is 19.1. The Hall–Kier alpha value is -1.42. The minimum absolute atomic E-state index is 0.0102. The summed E-state index contributed by atoms with van der Waals surface area (Å²) in [6.45, 7) is 5.78. The van der Waals surface area contributed by atoms with E-state index < -0.39 is 0 Å². The molecular weight excluding hydrogens is 219 g/mol. The zero-order valence-corrected chi connectivity index (χ0v) is 10.5. The van der Waals surface area contributed by atoms with E-state index in [1.165, 1.54) is 12.1 Å². The molecule has 0 spiro atoms. The molecule has 0 unspecified atom stereocenters. The van der Waals surface area contributed by atoms with Gasteiger partial charge in [-0.25, -0.2) is 4.39 Å². The molecule has 4 heteroatoms. The van der Waals surface area contributed by atoms with Crippen LogP contribution in [-0.4, -0.2) is 23.4 Å². The van der Waals surface area contributed by atoms with Crippen molar-refractivity contribution >= 4 is 5.91 Å². The van der Waals surface area contributed by atoms with Crippen molar-refractivity contribution in [3.8, 4) is 0 Å². The number of nitrogens with two attached hydrogens (primary N) is 1. The average Bonchev–Trinajstić information content (AvgIpc) is 2.29. The van der Waals surface area contributed by atoms with Gasteiger partial charge in [-0.3, -0.25) is 4.79 Å². The SMILES string of the molecule is CC(C)N(C(=O)CN)[C@@H](C)c1ccc(F)cc1. The maximum absolute atomic E-state index is 12.8. The Morgan fingerprint density at radius 3 is 2.24 bits per heavy atom. The zero-order chi connectivity index (χ0) is 13.0. The minimum Gasteiger partial charge on any atom is -0.332 e. The fourth-order valence-corrected chi connectivity index (χ4v) is 1.96. The molecule has 1 atom stereocenters. The molecule has 3 nitrogen and oxygen atoms in total. The van der Waals surface area contributed by atoms with Gasteiger partial charge in [0.2, 0.25) is 5.91 Å². The molecule has 2 N–H and O–H groups in total. The van der Waals surface area contributed by atoms with Gasteiger partial charge in [0.15, 0.2) is 0 Å². The van der Waals surface area contributed by atoms with Crippen molar-refractivity contribution in [3.05, 3.63) is 35.6 Å². The summed E-state index contributed by atoms with van der Waals surface area (Å²) in [4.78, 5) is 13.5. The predicted molar refractivity (Wildman–Crippen MR) is 65.9 cm³/mol. The van der Waals surface area contributed by atoms with Crippen molar-refractivity contribution in [2.75, 3.05) is 6.54 Å². The standard InChI is InChI=1S/C13H19FN2O/c1-9(2)16(13(17)8-15)10(3)11-4-6-12(14)7-5-11/h4-7,9-10H,8,15H2,1-3H3/t10-/m0/s1. The lowest BCUT2D eigenvalue weighted by atomic mass is 10.1. The molecule has 0 aliphatic carbocycles. The van der Waals surface area contributed by atoms with Crippen LogP contribution in [0.3, 0.4) is 0 Å². The first-order valence-corrected chi connectivity index (χ1v) is 5.74. The second-order valence-corrected chi connectivity index (χ2v) is 4.33. The number of rotatable bonds is 4. The van der Waals surface area contributed by atoms with Crippen LogP contribution in [-0.2, 0) is 4.79 Å². The van der Waals surface area contributed by atoms with Crippen molar-refractivity contribution < 1.29 is 9.18 Å². The molecule has 0 heterocycles. The topological polar surface area (TPSA) is 46.3 Å². The Balaban J connectivity index is 2.95. The molecule has 0 saturated carbocycles. The smallest absolute Gasteiger partial charge is 0.237 e. The molecule has 17 heavy (non-hydrogen) atoms. The third-order valence-corrected chi connectivity index (χ3v) is 2.79. The third-order valence-electron chi connectivity index (χ3n) is 2.79. The molecule has 0 saturated heterocycles. The number of hydrogen-bond acceptors (Lipinski definition) is 2. The summed E-state index contributed by atoms with van der Waals surface area (Å²) in [7, 11) is 0. The van der Waals surface area contributed by atoms with Crippen LogP contribution in [0.5, 0.6) is 0 Å². The van der Waals surface area contributed by atoms with Gasteiger partial charge < -0.3 is 10.6 Å². The van der Waals surface area contributed by atoms with Gasteiger partial charge in [0.25, 0.3) is 0 Å². The minimum atomic E-state index is -0.276. The molecule has 0 aliphatic heterocycles. The largest absolute Gasteiger partial charge is 0.332 e. The summed E-state index contributed by atoms with van der Waals surface area (Å²) in [6, 6.07) is 6.14. The molecule has 0 fully saturated rings. The predicted octanol–water partition coefficient (Wildman–Crippen LogP) is 2.08. The van der Waals surface area contributed by atoms with Gasteiger partial charge in [-0.1, -0.05) is 12.1 Å². The first kappa shape index (κ1) is 13.6. The average molecular weight is 238 g/mol. The van der Waals surface area contributed by atoms with Gasteiger partial charge in [-0.05, 0) is 38.5 Å². The van der Waals surface area contributed by atoms with Crippen LogP contribution >= 0.6 is 0 Å². The van der Waals surface area contributed by atoms with Crippen molar-refractivity contribution in [1.82, 2.24) is 4.90 Å². The van der Waals surface area contributed by atoms with E-state index in [4.69, 9.17) is 5.73 Å². The monoisotopic (exact) mass is 238 g/mol. The number of carbonyl (C=O) groups is 1. The van der Waals surface area contributed by atoms with Gasteiger partial charge in [-0.15, -0.1) is 0 Å². The Kier molecular flexibility index (Phi) is 4.63. The number of amides is 1. The summed E-state index contributed by atoms with van der Waals surface area (Å²) in [6.07, 6.45) is 0. The summed E-state index contributed by atoms with van der Waals surface area (Å²) < 4.78 is 12.8. The van der Waals surface area contributed by atoms with E-state index in [9.17, 15) is 9.18 Å². The lowest BCUT2D eigenvalue weighted by Gasteiger charge is -2.33. The quantitative estimate of drug-likeness (QED) is 0.873. The first-order valence-electron chi connectivity index (χ1n) is 5.74. The van der Waals surface area contributed by atoms with E-state index in [-0.39, 0.29) is 30.4 Å². The van der Waals surface area contributed by atoms with Gasteiger partial charge >= 0.3 is 0 Å². The molecule has 94 valence electrons. The number of halogens is 1. The Morgan fingerprint density at radius 1 is 1.29 bits per heavy atom. The van der Waals surface area contributed by atoms with Crippen LogP contribution in [0.15, 0.2) is 24.3 Å². The van der Waals surface area contributed by atoms with Crippen LogP contribution in [0.1, 0.15) is 32.4 Å². The van der Waals surface area contributed by atoms with E-state index in [0.717, 1.165) is 5.56 Å². The molecule has 0 bridgehead atoms. The molecule has 1 amide bonds. The molecule has 0 aliphatic rings. The maximum atomic E-state index is 12.8. The Morgan fingerprint density at radius 2 is 1.82 bits per heavy atom. The Labute approximate surface area is 101 Å². The summed E-state index contributed by atoms with van der Waals surface area (Å²) in [5.74, 6) is -0.376. The van der Waals surface area contributed by atoms with Crippen LogP contribution in [0, 0.1) is 5.82 Å². The summed E-state index contributed by atoms with van der Waals surface area (Å²) >= 11 is 0. The summed E-state index contributed by atoms with van der Waals surface area (Å²) in [5.41, 5.74) is 6.30. The fourth-order valence-electron chi connectivity index (χ4n) is 1.96. The van der Waals surface area contributed by atoms with Crippen molar-refractivity contribution in [2.24, 2.45) is 5.73 Å². The third kappa shape index (κ3) is 3.27. The Bertz CT molecular complexity index is 376. The van der Waals surface area contributed by atoms with Gasteiger partial charge in [0.05, 0.1) is 12.6 Å². The highest BCUT2D eigenvalue weighted by Crippen LogP contribution is 2.22. The number of benzene rings is 1.